The Hall–Kier alpha value is -2.45. The highest BCUT2D eigenvalue weighted by atomic mass is 19.4. The van der Waals surface area contributed by atoms with Crippen LogP contribution in [-0.4, -0.2) is 37.1 Å². The molecule has 0 radical (unpaired) electrons. The van der Waals surface area contributed by atoms with Crippen LogP contribution >= 0.6 is 0 Å². The number of carbonyl (C=O) groups is 1. The van der Waals surface area contributed by atoms with Crippen molar-refractivity contribution in [1.82, 2.24) is 24.6 Å². The Morgan fingerprint density at radius 3 is 2.67 bits per heavy atom. The van der Waals surface area contributed by atoms with Crippen LogP contribution < -0.4 is 0 Å². The lowest BCUT2D eigenvalue weighted by Crippen LogP contribution is -2.39. The van der Waals surface area contributed by atoms with E-state index in [1.54, 1.807) is 18.2 Å². The minimum absolute atomic E-state index is 0.00967. The highest BCUT2D eigenvalue weighted by Gasteiger charge is 2.40. The van der Waals surface area contributed by atoms with E-state index in [9.17, 15) is 18.0 Å². The summed E-state index contributed by atoms with van der Waals surface area (Å²) in [6, 6.07) is 4.91. The number of carbonyl (C=O) groups excluding carboxylic acids is 1. The van der Waals surface area contributed by atoms with Crippen LogP contribution in [-0.2, 0) is 19.3 Å². The smallest absolute Gasteiger partial charge is 0.328 e. The lowest BCUT2D eigenvalue weighted by atomic mass is 10.2. The molecule has 0 atom stereocenters. The Morgan fingerprint density at radius 1 is 1.19 bits per heavy atom. The summed E-state index contributed by atoms with van der Waals surface area (Å²) in [5.41, 5.74) is 0.251. The summed E-state index contributed by atoms with van der Waals surface area (Å²) in [7, 11) is 0. The molecule has 1 aliphatic heterocycles. The monoisotopic (exact) mass is 297 g/mol. The predicted molar refractivity (Wildman–Crippen MR) is 64.0 cm³/mol. The maximum atomic E-state index is 12.7. The predicted octanol–water partition coefficient (Wildman–Crippen LogP) is 1.35. The lowest BCUT2D eigenvalue weighted by Gasteiger charge is -2.27. The summed E-state index contributed by atoms with van der Waals surface area (Å²) in [6.07, 6.45) is -3.06. The maximum absolute atomic E-state index is 12.7. The zero-order valence-electron chi connectivity index (χ0n) is 10.7. The molecule has 0 N–H and O–H groups in total. The molecule has 2 aromatic rings. The van der Waals surface area contributed by atoms with Gasteiger partial charge < -0.3 is 9.47 Å². The van der Waals surface area contributed by atoms with Crippen molar-refractivity contribution in [3.8, 4) is 0 Å². The van der Waals surface area contributed by atoms with Crippen molar-refractivity contribution >= 4 is 5.91 Å². The van der Waals surface area contributed by atoms with E-state index >= 15 is 0 Å². The van der Waals surface area contributed by atoms with Gasteiger partial charge in [-0.2, -0.15) is 13.2 Å². The first-order valence-electron chi connectivity index (χ1n) is 6.16. The molecule has 0 aliphatic carbocycles. The number of amides is 1. The number of pyridine rings is 1. The average Bonchev–Trinajstić information content (AvgIpc) is 2.90. The van der Waals surface area contributed by atoms with E-state index < -0.39 is 12.0 Å². The number of fused-ring (bicyclic) bond motifs is 1. The standard InChI is InChI=1S/C12H10F3N5O/c13-12(14,15)11-18-17-9-7-19(5-6-20(9)11)10(21)8-3-1-2-4-16-8/h1-4H,5-7H2. The van der Waals surface area contributed by atoms with E-state index in [0.29, 0.717) is 0 Å². The minimum Gasteiger partial charge on any atom is -0.328 e. The largest absolute Gasteiger partial charge is 0.451 e. The quantitative estimate of drug-likeness (QED) is 0.797. The van der Waals surface area contributed by atoms with Crippen molar-refractivity contribution in [2.24, 2.45) is 0 Å². The molecule has 3 heterocycles. The summed E-state index contributed by atoms with van der Waals surface area (Å²) >= 11 is 0. The second-order valence-corrected chi connectivity index (χ2v) is 4.53. The molecule has 0 fully saturated rings. The van der Waals surface area contributed by atoms with Crippen LogP contribution in [0.1, 0.15) is 22.1 Å². The van der Waals surface area contributed by atoms with Crippen molar-refractivity contribution in [2.75, 3.05) is 6.54 Å². The molecule has 3 rings (SSSR count). The molecule has 1 aliphatic rings. The molecular weight excluding hydrogens is 287 g/mol. The van der Waals surface area contributed by atoms with Gasteiger partial charge in [-0.05, 0) is 12.1 Å². The van der Waals surface area contributed by atoms with E-state index in [2.05, 4.69) is 15.2 Å². The van der Waals surface area contributed by atoms with Crippen molar-refractivity contribution in [2.45, 2.75) is 19.3 Å². The molecule has 6 nitrogen and oxygen atoms in total. The van der Waals surface area contributed by atoms with Gasteiger partial charge in [-0.25, -0.2) is 0 Å². The molecule has 1 amide bonds. The molecule has 110 valence electrons. The number of hydrogen-bond donors (Lipinski definition) is 0. The third kappa shape index (κ3) is 2.46. The van der Waals surface area contributed by atoms with Gasteiger partial charge in [0.2, 0.25) is 5.82 Å². The highest BCUT2D eigenvalue weighted by molar-refractivity contribution is 5.92. The molecule has 0 bridgehead atoms. The topological polar surface area (TPSA) is 63.9 Å². The molecule has 9 heteroatoms. The van der Waals surface area contributed by atoms with E-state index in [4.69, 9.17) is 0 Å². The summed E-state index contributed by atoms with van der Waals surface area (Å²) in [5, 5.41) is 6.70. The Kier molecular flexibility index (Phi) is 3.11. The van der Waals surface area contributed by atoms with E-state index in [-0.39, 0.29) is 37.1 Å². The molecular formula is C12H10F3N5O. The summed E-state index contributed by atoms with van der Waals surface area (Å²) in [6.45, 7) is 0.151. The van der Waals surface area contributed by atoms with Crippen molar-refractivity contribution in [3.63, 3.8) is 0 Å². The molecule has 0 spiro atoms. The highest BCUT2D eigenvalue weighted by Crippen LogP contribution is 2.29. The minimum atomic E-state index is -4.54. The molecule has 0 aromatic carbocycles. The van der Waals surface area contributed by atoms with E-state index in [1.807, 2.05) is 0 Å². The van der Waals surface area contributed by atoms with Crippen molar-refractivity contribution in [3.05, 3.63) is 41.7 Å². The van der Waals surface area contributed by atoms with Gasteiger partial charge in [0.05, 0.1) is 6.54 Å². The summed E-state index contributed by atoms with van der Waals surface area (Å²) in [4.78, 5) is 17.5. The first-order chi connectivity index (χ1) is 9.97. The molecule has 2 aromatic heterocycles. The van der Waals surface area contributed by atoms with Crippen LogP contribution in [0.4, 0.5) is 13.2 Å². The lowest BCUT2D eigenvalue weighted by molar-refractivity contribution is -0.147. The fraction of sp³-hybridized carbons (Fsp3) is 0.333. The van der Waals surface area contributed by atoms with Gasteiger partial charge in [-0.15, -0.1) is 10.2 Å². The number of hydrogen-bond acceptors (Lipinski definition) is 4. The average molecular weight is 297 g/mol. The maximum Gasteiger partial charge on any atom is 0.451 e. The Morgan fingerprint density at radius 2 is 2.00 bits per heavy atom. The molecule has 0 saturated heterocycles. The molecule has 0 saturated carbocycles. The van der Waals surface area contributed by atoms with Gasteiger partial charge >= 0.3 is 6.18 Å². The first kappa shape index (κ1) is 13.5. The van der Waals surface area contributed by atoms with Crippen molar-refractivity contribution in [1.29, 1.82) is 0 Å². The van der Waals surface area contributed by atoms with Crippen molar-refractivity contribution < 1.29 is 18.0 Å². The second kappa shape index (κ2) is 4.83. The van der Waals surface area contributed by atoms with Gasteiger partial charge in [0, 0.05) is 19.3 Å². The van der Waals surface area contributed by atoms with E-state index in [0.717, 1.165) is 4.57 Å². The third-order valence-corrected chi connectivity index (χ3v) is 3.18. The summed E-state index contributed by atoms with van der Waals surface area (Å²) in [5.74, 6) is -1.24. The Balaban J connectivity index is 1.83. The SMILES string of the molecule is O=C(c1ccccn1)N1CCn2c(nnc2C(F)(F)F)C1. The zero-order valence-corrected chi connectivity index (χ0v) is 10.7. The molecule has 0 unspecified atom stereocenters. The van der Waals surface area contributed by atoms with E-state index in [1.165, 1.54) is 11.1 Å². The zero-order chi connectivity index (χ0) is 15.0. The van der Waals surface area contributed by atoms with Crippen LogP contribution in [0.5, 0.6) is 0 Å². The van der Waals surface area contributed by atoms with Crippen LogP contribution in [0, 0.1) is 0 Å². The van der Waals surface area contributed by atoms with Crippen LogP contribution in [0.25, 0.3) is 0 Å². The van der Waals surface area contributed by atoms with Crippen LogP contribution in [0.15, 0.2) is 24.4 Å². The number of rotatable bonds is 1. The van der Waals surface area contributed by atoms with Gasteiger partial charge in [0.1, 0.15) is 5.69 Å². The van der Waals surface area contributed by atoms with Crippen LogP contribution in [0.3, 0.4) is 0 Å². The number of aromatic nitrogens is 4. The number of alkyl halides is 3. The second-order valence-electron chi connectivity index (χ2n) is 4.53. The Labute approximate surface area is 117 Å². The number of halogens is 3. The fourth-order valence-corrected chi connectivity index (χ4v) is 2.19. The third-order valence-electron chi connectivity index (χ3n) is 3.18. The number of nitrogens with zero attached hydrogens (tertiary/aromatic N) is 5. The van der Waals surface area contributed by atoms with Crippen LogP contribution in [0.2, 0.25) is 0 Å². The van der Waals surface area contributed by atoms with Gasteiger partial charge in [-0.1, -0.05) is 6.07 Å². The van der Waals surface area contributed by atoms with Gasteiger partial charge in [0.15, 0.2) is 5.82 Å². The fourth-order valence-electron chi connectivity index (χ4n) is 2.19. The van der Waals surface area contributed by atoms with Gasteiger partial charge in [-0.3, -0.25) is 9.78 Å². The normalized spacial score (nSPS) is 14.9. The molecule has 21 heavy (non-hydrogen) atoms. The Bertz CT molecular complexity index is 667. The first-order valence-corrected chi connectivity index (χ1v) is 6.16. The van der Waals surface area contributed by atoms with Gasteiger partial charge in [0.25, 0.3) is 5.91 Å². The summed E-state index contributed by atoms with van der Waals surface area (Å²) < 4.78 is 39.1.